The summed E-state index contributed by atoms with van der Waals surface area (Å²) in [6, 6.07) is 12.1. The Hall–Kier alpha value is -2.69. The van der Waals surface area contributed by atoms with Crippen LogP contribution in [0.5, 0.6) is 11.5 Å². The van der Waals surface area contributed by atoms with E-state index in [2.05, 4.69) is 30.5 Å². The van der Waals surface area contributed by atoms with Crippen molar-refractivity contribution in [3.05, 3.63) is 53.1 Å². The Kier molecular flexibility index (Phi) is 6.22. The fraction of sp³-hybridized carbons (Fsp3) is 0.409. The molecule has 0 radical (unpaired) electrons. The number of ether oxygens (including phenoxy) is 2. The van der Waals surface area contributed by atoms with Crippen LogP contribution in [0.1, 0.15) is 37.0 Å². The number of carbonyl (C=O) groups is 1. The molecule has 1 amide bonds. The van der Waals surface area contributed by atoms with Crippen molar-refractivity contribution in [1.82, 2.24) is 5.32 Å². The van der Waals surface area contributed by atoms with Crippen LogP contribution in [-0.2, 0) is 17.8 Å². The lowest BCUT2D eigenvalue weighted by molar-refractivity contribution is -0.121. The van der Waals surface area contributed by atoms with Crippen molar-refractivity contribution in [2.45, 2.75) is 46.3 Å². The van der Waals surface area contributed by atoms with Crippen LogP contribution in [0.15, 0.2) is 36.4 Å². The van der Waals surface area contributed by atoms with Gasteiger partial charge >= 0.3 is 0 Å². The molecule has 1 heterocycles. The molecule has 3 rings (SSSR count). The molecular formula is C22H28N2O3. The molecule has 2 aromatic carbocycles. The number of amides is 1. The van der Waals surface area contributed by atoms with Crippen LogP contribution < -0.4 is 20.1 Å². The summed E-state index contributed by atoms with van der Waals surface area (Å²) in [5, 5.41) is 6.29. The highest BCUT2D eigenvalue weighted by molar-refractivity contribution is 5.76. The predicted molar refractivity (Wildman–Crippen MR) is 108 cm³/mol. The van der Waals surface area contributed by atoms with Gasteiger partial charge in [-0.2, -0.15) is 0 Å². The molecule has 1 unspecified atom stereocenters. The molecule has 0 aromatic heterocycles. The first-order valence-electron chi connectivity index (χ1n) is 9.58. The molecule has 0 bridgehead atoms. The smallest absolute Gasteiger partial charge is 0.222 e. The highest BCUT2D eigenvalue weighted by Crippen LogP contribution is 2.35. The van der Waals surface area contributed by atoms with Crippen LogP contribution in [0.3, 0.4) is 0 Å². The SMILES string of the molecule is CCOc1cc2c(cc1CNC(=O)CCNc1ccccc1C)OC(C)C2. The van der Waals surface area contributed by atoms with Gasteiger partial charge in [0.2, 0.25) is 5.91 Å². The van der Waals surface area contributed by atoms with E-state index in [1.54, 1.807) is 0 Å². The van der Waals surface area contributed by atoms with Gasteiger partial charge in [-0.15, -0.1) is 0 Å². The summed E-state index contributed by atoms with van der Waals surface area (Å²) in [6.45, 7) is 7.70. The minimum absolute atomic E-state index is 0.00770. The number of anilines is 1. The van der Waals surface area contributed by atoms with Crippen LogP contribution in [0.2, 0.25) is 0 Å². The van der Waals surface area contributed by atoms with Gasteiger partial charge in [-0.25, -0.2) is 0 Å². The maximum Gasteiger partial charge on any atom is 0.222 e. The molecular weight excluding hydrogens is 340 g/mol. The quantitative estimate of drug-likeness (QED) is 0.743. The Morgan fingerprint density at radius 3 is 2.89 bits per heavy atom. The summed E-state index contributed by atoms with van der Waals surface area (Å²) < 4.78 is 11.6. The average Bonchev–Trinajstić information content (AvgIpc) is 3.00. The molecule has 5 nitrogen and oxygen atoms in total. The molecule has 1 atom stereocenters. The van der Waals surface area contributed by atoms with Gasteiger partial charge in [-0.3, -0.25) is 4.79 Å². The lowest BCUT2D eigenvalue weighted by Gasteiger charge is -2.14. The number of rotatable bonds is 8. The maximum absolute atomic E-state index is 12.2. The number of aryl methyl sites for hydroxylation is 1. The molecule has 5 heteroatoms. The first kappa shape index (κ1) is 19.1. The van der Waals surface area contributed by atoms with Gasteiger partial charge in [0.1, 0.15) is 17.6 Å². The molecule has 1 aliphatic rings. The Labute approximate surface area is 161 Å². The summed E-state index contributed by atoms with van der Waals surface area (Å²) in [4.78, 5) is 12.2. The van der Waals surface area contributed by atoms with Gasteiger partial charge in [0.15, 0.2) is 0 Å². The molecule has 0 saturated carbocycles. The van der Waals surface area contributed by atoms with E-state index in [0.717, 1.165) is 29.2 Å². The highest BCUT2D eigenvalue weighted by Gasteiger charge is 2.22. The third kappa shape index (κ3) is 4.94. The Morgan fingerprint density at radius 2 is 2.11 bits per heavy atom. The van der Waals surface area contributed by atoms with Crippen LogP contribution in [0.4, 0.5) is 5.69 Å². The lowest BCUT2D eigenvalue weighted by Crippen LogP contribution is -2.25. The van der Waals surface area contributed by atoms with E-state index in [9.17, 15) is 4.79 Å². The van der Waals surface area contributed by atoms with Gasteiger partial charge in [0, 0.05) is 42.7 Å². The molecule has 2 N–H and O–H groups in total. The summed E-state index contributed by atoms with van der Waals surface area (Å²) in [5.41, 5.74) is 4.36. The minimum atomic E-state index is 0.00770. The van der Waals surface area contributed by atoms with E-state index in [4.69, 9.17) is 9.47 Å². The standard InChI is InChI=1S/C22H28N2O3/c1-4-26-20-12-17-11-16(3)27-21(17)13-18(20)14-24-22(25)9-10-23-19-8-6-5-7-15(19)2/h5-8,12-13,16,23H,4,9-11,14H2,1-3H3,(H,24,25). The van der Waals surface area contributed by atoms with Crippen LogP contribution in [-0.4, -0.2) is 25.2 Å². The third-order valence-electron chi connectivity index (χ3n) is 4.67. The van der Waals surface area contributed by atoms with Crippen LogP contribution in [0, 0.1) is 6.92 Å². The average molecular weight is 368 g/mol. The van der Waals surface area contributed by atoms with Gasteiger partial charge in [0.05, 0.1) is 6.61 Å². The van der Waals surface area contributed by atoms with Gasteiger partial charge in [-0.1, -0.05) is 18.2 Å². The zero-order valence-electron chi connectivity index (χ0n) is 16.3. The maximum atomic E-state index is 12.2. The first-order valence-corrected chi connectivity index (χ1v) is 9.58. The van der Waals surface area contributed by atoms with Gasteiger partial charge < -0.3 is 20.1 Å². The normalized spacial score (nSPS) is 15.0. The number of hydrogen-bond donors (Lipinski definition) is 2. The van der Waals surface area contributed by atoms with Crippen LogP contribution in [0.25, 0.3) is 0 Å². The number of carbonyl (C=O) groups excluding carboxylic acids is 1. The Morgan fingerprint density at radius 1 is 1.30 bits per heavy atom. The molecule has 1 aliphatic heterocycles. The molecule has 0 fully saturated rings. The van der Waals surface area contributed by atoms with E-state index in [0.29, 0.717) is 26.1 Å². The summed E-state index contributed by atoms with van der Waals surface area (Å²) in [5.74, 6) is 1.73. The van der Waals surface area contributed by atoms with E-state index >= 15 is 0 Å². The zero-order chi connectivity index (χ0) is 19.2. The van der Waals surface area contributed by atoms with E-state index in [1.165, 1.54) is 11.1 Å². The monoisotopic (exact) mass is 368 g/mol. The number of benzene rings is 2. The highest BCUT2D eigenvalue weighted by atomic mass is 16.5. The topological polar surface area (TPSA) is 59.6 Å². The second-order valence-electron chi connectivity index (χ2n) is 6.90. The lowest BCUT2D eigenvalue weighted by atomic mass is 10.1. The fourth-order valence-corrected chi connectivity index (χ4v) is 3.27. The fourth-order valence-electron chi connectivity index (χ4n) is 3.27. The second kappa shape index (κ2) is 8.80. The summed E-state index contributed by atoms with van der Waals surface area (Å²) >= 11 is 0. The summed E-state index contributed by atoms with van der Waals surface area (Å²) in [7, 11) is 0. The van der Waals surface area contributed by atoms with E-state index in [-0.39, 0.29) is 12.0 Å². The molecule has 2 aromatic rings. The van der Waals surface area contributed by atoms with Crippen molar-refractivity contribution < 1.29 is 14.3 Å². The number of nitrogens with one attached hydrogen (secondary N) is 2. The Bertz CT molecular complexity index is 804. The molecule has 0 saturated heterocycles. The van der Waals surface area contributed by atoms with Crippen molar-refractivity contribution in [2.75, 3.05) is 18.5 Å². The minimum Gasteiger partial charge on any atom is -0.494 e. The predicted octanol–water partition coefficient (Wildman–Crippen LogP) is 3.84. The van der Waals surface area contributed by atoms with Gasteiger partial charge in [0.25, 0.3) is 0 Å². The van der Waals surface area contributed by atoms with E-state index < -0.39 is 0 Å². The largest absolute Gasteiger partial charge is 0.494 e. The van der Waals surface area contributed by atoms with Crippen molar-refractivity contribution in [3.8, 4) is 11.5 Å². The second-order valence-corrected chi connectivity index (χ2v) is 6.90. The van der Waals surface area contributed by atoms with Crippen LogP contribution >= 0.6 is 0 Å². The molecule has 0 spiro atoms. The zero-order valence-corrected chi connectivity index (χ0v) is 16.3. The number of hydrogen-bond acceptors (Lipinski definition) is 4. The molecule has 27 heavy (non-hydrogen) atoms. The third-order valence-corrected chi connectivity index (χ3v) is 4.67. The molecule has 0 aliphatic carbocycles. The van der Waals surface area contributed by atoms with Gasteiger partial charge in [-0.05, 0) is 44.5 Å². The number of para-hydroxylation sites is 1. The van der Waals surface area contributed by atoms with Crippen molar-refractivity contribution in [2.24, 2.45) is 0 Å². The summed E-state index contributed by atoms with van der Waals surface area (Å²) in [6.07, 6.45) is 1.50. The number of fused-ring (bicyclic) bond motifs is 1. The Balaban J connectivity index is 1.54. The van der Waals surface area contributed by atoms with Crippen molar-refractivity contribution >= 4 is 11.6 Å². The van der Waals surface area contributed by atoms with Crippen molar-refractivity contribution in [1.29, 1.82) is 0 Å². The van der Waals surface area contributed by atoms with Crippen molar-refractivity contribution in [3.63, 3.8) is 0 Å². The first-order chi connectivity index (χ1) is 13.1. The molecule has 144 valence electrons. The van der Waals surface area contributed by atoms with E-state index in [1.807, 2.05) is 37.3 Å².